The lowest BCUT2D eigenvalue weighted by Crippen LogP contribution is -2.12. The van der Waals surface area contributed by atoms with Crippen LogP contribution in [0.5, 0.6) is 0 Å². The van der Waals surface area contributed by atoms with E-state index in [4.69, 9.17) is 4.74 Å². The first-order valence-electron chi connectivity index (χ1n) is 5.97. The quantitative estimate of drug-likeness (QED) is 0.496. The van der Waals surface area contributed by atoms with Gasteiger partial charge >= 0.3 is 5.97 Å². The van der Waals surface area contributed by atoms with Gasteiger partial charge in [0.1, 0.15) is 0 Å². The van der Waals surface area contributed by atoms with Crippen molar-refractivity contribution in [2.45, 2.75) is 60.3 Å². The van der Waals surface area contributed by atoms with Gasteiger partial charge in [0.05, 0.1) is 6.61 Å². The van der Waals surface area contributed by atoms with E-state index in [9.17, 15) is 4.79 Å². The molecule has 0 aliphatic carbocycles. The zero-order chi connectivity index (χ0) is 11.9. The highest BCUT2D eigenvalue weighted by molar-refractivity contribution is 5.69. The third kappa shape index (κ3) is 11.4. The Hall–Kier alpha value is -0.530. The van der Waals surface area contributed by atoms with Gasteiger partial charge in [-0.05, 0) is 30.6 Å². The Morgan fingerprint density at radius 3 is 2.33 bits per heavy atom. The van der Waals surface area contributed by atoms with Crippen molar-refractivity contribution >= 4 is 5.97 Å². The Kier molecular flexibility index (Phi) is 6.62. The SMILES string of the molecule is CC(C)CCCOC(=O)CCC(C)(C)C. The number of ether oxygens (including phenoxy) is 1. The third-order valence-electron chi connectivity index (χ3n) is 2.27. The van der Waals surface area contributed by atoms with Gasteiger partial charge in [0.25, 0.3) is 0 Å². The first kappa shape index (κ1) is 14.5. The highest BCUT2D eigenvalue weighted by atomic mass is 16.5. The number of carbonyl (C=O) groups excluding carboxylic acids is 1. The summed E-state index contributed by atoms with van der Waals surface area (Å²) in [5, 5.41) is 0. The second kappa shape index (κ2) is 6.86. The molecule has 0 saturated carbocycles. The van der Waals surface area contributed by atoms with E-state index in [-0.39, 0.29) is 11.4 Å². The molecule has 0 fully saturated rings. The normalized spacial score (nSPS) is 11.9. The molecule has 0 aromatic rings. The minimum atomic E-state index is -0.0475. The van der Waals surface area contributed by atoms with Gasteiger partial charge in [-0.1, -0.05) is 34.6 Å². The van der Waals surface area contributed by atoms with Crippen LogP contribution in [0.4, 0.5) is 0 Å². The van der Waals surface area contributed by atoms with E-state index in [0.29, 0.717) is 18.9 Å². The van der Waals surface area contributed by atoms with Crippen LogP contribution in [-0.2, 0) is 9.53 Å². The number of esters is 1. The fourth-order valence-corrected chi connectivity index (χ4v) is 1.23. The summed E-state index contributed by atoms with van der Waals surface area (Å²) in [4.78, 5) is 11.3. The van der Waals surface area contributed by atoms with Crippen LogP contribution in [0.15, 0.2) is 0 Å². The largest absolute Gasteiger partial charge is 0.466 e. The molecule has 0 aliphatic rings. The smallest absolute Gasteiger partial charge is 0.305 e. The van der Waals surface area contributed by atoms with Crippen molar-refractivity contribution < 1.29 is 9.53 Å². The van der Waals surface area contributed by atoms with E-state index < -0.39 is 0 Å². The number of hydrogen-bond acceptors (Lipinski definition) is 2. The van der Waals surface area contributed by atoms with Gasteiger partial charge in [-0.15, -0.1) is 0 Å². The summed E-state index contributed by atoms with van der Waals surface area (Å²) in [6, 6.07) is 0. The number of carbonyl (C=O) groups is 1. The Bertz CT molecular complexity index is 177. The average molecular weight is 214 g/mol. The van der Waals surface area contributed by atoms with E-state index in [1.807, 2.05) is 0 Å². The van der Waals surface area contributed by atoms with Crippen molar-refractivity contribution in [3.63, 3.8) is 0 Å². The monoisotopic (exact) mass is 214 g/mol. The minimum absolute atomic E-state index is 0.0475. The molecule has 0 heterocycles. The van der Waals surface area contributed by atoms with Crippen molar-refractivity contribution in [2.75, 3.05) is 6.61 Å². The second-order valence-electron chi connectivity index (χ2n) is 5.82. The van der Waals surface area contributed by atoms with E-state index in [1.54, 1.807) is 0 Å². The van der Waals surface area contributed by atoms with E-state index in [0.717, 1.165) is 19.3 Å². The van der Waals surface area contributed by atoms with Crippen molar-refractivity contribution in [3.05, 3.63) is 0 Å². The molecule has 0 bridgehead atoms. The molecular formula is C13H26O2. The summed E-state index contributed by atoms with van der Waals surface area (Å²) < 4.78 is 5.15. The predicted octanol–water partition coefficient (Wildman–Crippen LogP) is 3.79. The molecule has 0 amide bonds. The molecule has 0 aliphatic heterocycles. The molecule has 2 heteroatoms. The average Bonchev–Trinajstić information content (AvgIpc) is 2.07. The second-order valence-corrected chi connectivity index (χ2v) is 5.82. The molecule has 0 aromatic heterocycles. The molecule has 0 rings (SSSR count). The Balaban J connectivity index is 3.42. The number of hydrogen-bond donors (Lipinski definition) is 0. The lowest BCUT2D eigenvalue weighted by molar-refractivity contribution is -0.144. The van der Waals surface area contributed by atoms with Crippen LogP contribution < -0.4 is 0 Å². The van der Waals surface area contributed by atoms with Crippen LogP contribution in [0.1, 0.15) is 60.3 Å². The molecule has 0 saturated heterocycles. The first-order chi connectivity index (χ1) is 6.81. The van der Waals surface area contributed by atoms with Gasteiger partial charge in [0.2, 0.25) is 0 Å². The van der Waals surface area contributed by atoms with Gasteiger partial charge in [-0.2, -0.15) is 0 Å². The maximum Gasteiger partial charge on any atom is 0.305 e. The van der Waals surface area contributed by atoms with E-state index >= 15 is 0 Å². The maximum atomic E-state index is 11.3. The third-order valence-corrected chi connectivity index (χ3v) is 2.27. The highest BCUT2D eigenvalue weighted by Crippen LogP contribution is 2.20. The molecule has 0 radical (unpaired) electrons. The molecular weight excluding hydrogens is 188 g/mol. The van der Waals surface area contributed by atoms with Crippen LogP contribution in [0.2, 0.25) is 0 Å². The molecule has 0 unspecified atom stereocenters. The van der Waals surface area contributed by atoms with Gasteiger partial charge in [0.15, 0.2) is 0 Å². The van der Waals surface area contributed by atoms with Crippen molar-refractivity contribution in [1.29, 1.82) is 0 Å². The lowest BCUT2D eigenvalue weighted by Gasteiger charge is -2.16. The standard InChI is InChI=1S/C13H26O2/c1-11(2)7-6-10-15-12(14)8-9-13(3,4)5/h11H,6-10H2,1-5H3. The Morgan fingerprint density at radius 2 is 1.87 bits per heavy atom. The Morgan fingerprint density at radius 1 is 1.27 bits per heavy atom. The molecule has 15 heavy (non-hydrogen) atoms. The van der Waals surface area contributed by atoms with Crippen LogP contribution in [-0.4, -0.2) is 12.6 Å². The molecule has 0 aromatic carbocycles. The fraction of sp³-hybridized carbons (Fsp3) is 0.923. The minimum Gasteiger partial charge on any atom is -0.466 e. The maximum absolute atomic E-state index is 11.3. The zero-order valence-electron chi connectivity index (χ0n) is 10.9. The first-order valence-corrected chi connectivity index (χ1v) is 5.97. The summed E-state index contributed by atoms with van der Waals surface area (Å²) in [5.74, 6) is 0.645. The van der Waals surface area contributed by atoms with Crippen LogP contribution in [0.3, 0.4) is 0 Å². The van der Waals surface area contributed by atoms with Crippen LogP contribution >= 0.6 is 0 Å². The zero-order valence-corrected chi connectivity index (χ0v) is 10.9. The van der Waals surface area contributed by atoms with Crippen molar-refractivity contribution in [3.8, 4) is 0 Å². The number of rotatable bonds is 6. The van der Waals surface area contributed by atoms with Gasteiger partial charge in [0, 0.05) is 6.42 Å². The van der Waals surface area contributed by atoms with Gasteiger partial charge < -0.3 is 4.74 Å². The van der Waals surface area contributed by atoms with Gasteiger partial charge in [-0.3, -0.25) is 4.79 Å². The van der Waals surface area contributed by atoms with Gasteiger partial charge in [-0.25, -0.2) is 0 Å². The van der Waals surface area contributed by atoms with Crippen molar-refractivity contribution in [1.82, 2.24) is 0 Å². The summed E-state index contributed by atoms with van der Waals surface area (Å²) in [5.41, 5.74) is 0.219. The van der Waals surface area contributed by atoms with Crippen molar-refractivity contribution in [2.24, 2.45) is 11.3 Å². The summed E-state index contributed by atoms with van der Waals surface area (Å²) in [7, 11) is 0. The molecule has 2 nitrogen and oxygen atoms in total. The topological polar surface area (TPSA) is 26.3 Å². The highest BCUT2D eigenvalue weighted by Gasteiger charge is 2.13. The van der Waals surface area contributed by atoms with Crippen LogP contribution in [0, 0.1) is 11.3 Å². The van der Waals surface area contributed by atoms with E-state index in [1.165, 1.54) is 0 Å². The summed E-state index contributed by atoms with van der Waals surface area (Å²) in [6.45, 7) is 11.4. The molecule has 0 spiro atoms. The fourth-order valence-electron chi connectivity index (χ4n) is 1.23. The molecule has 90 valence electrons. The molecule has 0 atom stereocenters. The predicted molar refractivity (Wildman–Crippen MR) is 63.7 cm³/mol. The summed E-state index contributed by atoms with van der Waals surface area (Å²) in [6.07, 6.45) is 3.56. The lowest BCUT2D eigenvalue weighted by atomic mass is 9.91. The molecule has 0 N–H and O–H groups in total. The van der Waals surface area contributed by atoms with E-state index in [2.05, 4.69) is 34.6 Å². The van der Waals surface area contributed by atoms with Crippen LogP contribution in [0.25, 0.3) is 0 Å². The Labute approximate surface area is 94.4 Å². The summed E-state index contributed by atoms with van der Waals surface area (Å²) >= 11 is 0.